The van der Waals surface area contributed by atoms with E-state index in [1.807, 2.05) is 0 Å². The van der Waals surface area contributed by atoms with Gasteiger partial charge in [0.05, 0.1) is 0 Å². The van der Waals surface area contributed by atoms with Gasteiger partial charge < -0.3 is 15.3 Å². The minimum Gasteiger partial charge on any atom is -0.480 e. The van der Waals surface area contributed by atoms with Gasteiger partial charge in [-0.25, -0.2) is 4.79 Å². The van der Waals surface area contributed by atoms with Crippen molar-refractivity contribution in [2.45, 2.75) is 46.5 Å². The van der Waals surface area contributed by atoms with Crippen molar-refractivity contribution in [3.8, 4) is 0 Å². The molecule has 0 saturated carbocycles. The molecule has 0 spiro atoms. The highest BCUT2D eigenvalue weighted by molar-refractivity contribution is 5.79. The molecule has 5 nitrogen and oxygen atoms in total. The van der Waals surface area contributed by atoms with Crippen LogP contribution in [0.25, 0.3) is 0 Å². The SMILES string of the molecule is CCCCC(CC)CNC(=O)N(CC)CC(=O)O. The molecular weight excluding hydrogens is 232 g/mol. The summed E-state index contributed by atoms with van der Waals surface area (Å²) in [7, 11) is 0. The van der Waals surface area contributed by atoms with E-state index in [1.54, 1.807) is 6.92 Å². The minimum absolute atomic E-state index is 0.242. The summed E-state index contributed by atoms with van der Waals surface area (Å²) in [5.74, 6) is -0.498. The first kappa shape index (κ1) is 16.7. The van der Waals surface area contributed by atoms with E-state index >= 15 is 0 Å². The van der Waals surface area contributed by atoms with Crippen molar-refractivity contribution in [3.63, 3.8) is 0 Å². The van der Waals surface area contributed by atoms with Crippen LogP contribution in [0.5, 0.6) is 0 Å². The second-order valence-corrected chi connectivity index (χ2v) is 4.51. The predicted octanol–water partition coefficient (Wildman–Crippen LogP) is 2.32. The van der Waals surface area contributed by atoms with Gasteiger partial charge in [-0.3, -0.25) is 4.79 Å². The van der Waals surface area contributed by atoms with Gasteiger partial charge in [-0.2, -0.15) is 0 Å². The monoisotopic (exact) mass is 258 g/mol. The van der Waals surface area contributed by atoms with Gasteiger partial charge in [-0.05, 0) is 19.3 Å². The van der Waals surface area contributed by atoms with E-state index in [1.165, 1.54) is 11.3 Å². The third-order valence-electron chi connectivity index (χ3n) is 3.08. The number of carbonyl (C=O) groups is 2. The molecule has 0 aromatic rings. The van der Waals surface area contributed by atoms with Gasteiger partial charge in [0, 0.05) is 13.1 Å². The van der Waals surface area contributed by atoms with Crippen LogP contribution in [0.2, 0.25) is 0 Å². The van der Waals surface area contributed by atoms with Crippen molar-refractivity contribution in [1.82, 2.24) is 10.2 Å². The van der Waals surface area contributed by atoms with E-state index in [0.717, 1.165) is 19.3 Å². The second kappa shape index (κ2) is 9.74. The van der Waals surface area contributed by atoms with Gasteiger partial charge in [0.2, 0.25) is 0 Å². The van der Waals surface area contributed by atoms with E-state index in [0.29, 0.717) is 19.0 Å². The normalized spacial score (nSPS) is 11.9. The van der Waals surface area contributed by atoms with Crippen molar-refractivity contribution >= 4 is 12.0 Å². The average molecular weight is 258 g/mol. The summed E-state index contributed by atoms with van der Waals surface area (Å²) in [5, 5.41) is 11.5. The topological polar surface area (TPSA) is 69.6 Å². The molecular formula is C13H26N2O3. The molecule has 106 valence electrons. The molecule has 18 heavy (non-hydrogen) atoms. The van der Waals surface area contributed by atoms with Crippen LogP contribution in [0.3, 0.4) is 0 Å². The van der Waals surface area contributed by atoms with E-state index in [-0.39, 0.29) is 12.6 Å². The van der Waals surface area contributed by atoms with E-state index in [4.69, 9.17) is 5.11 Å². The average Bonchev–Trinajstić information content (AvgIpc) is 2.35. The number of carboxylic acids is 1. The molecule has 0 bridgehead atoms. The number of carbonyl (C=O) groups excluding carboxylic acids is 1. The number of rotatable bonds is 9. The van der Waals surface area contributed by atoms with Gasteiger partial charge >= 0.3 is 12.0 Å². The van der Waals surface area contributed by atoms with Gasteiger partial charge in [-0.15, -0.1) is 0 Å². The highest BCUT2D eigenvalue weighted by Gasteiger charge is 2.15. The second-order valence-electron chi connectivity index (χ2n) is 4.51. The third-order valence-corrected chi connectivity index (χ3v) is 3.08. The summed E-state index contributed by atoms with van der Waals surface area (Å²) in [6, 6.07) is -0.283. The molecule has 0 heterocycles. The van der Waals surface area contributed by atoms with Crippen molar-refractivity contribution in [2.24, 2.45) is 5.92 Å². The standard InChI is InChI=1S/C13H26N2O3/c1-4-7-8-11(5-2)9-14-13(18)15(6-3)10-12(16)17/h11H,4-10H2,1-3H3,(H,14,18)(H,16,17). The van der Waals surface area contributed by atoms with Crippen LogP contribution in [-0.2, 0) is 4.79 Å². The summed E-state index contributed by atoms with van der Waals surface area (Å²) >= 11 is 0. The Bertz CT molecular complexity index is 257. The Morgan fingerprint density at radius 1 is 1.28 bits per heavy atom. The van der Waals surface area contributed by atoms with Crippen molar-refractivity contribution in [2.75, 3.05) is 19.6 Å². The zero-order valence-electron chi connectivity index (χ0n) is 11.7. The highest BCUT2D eigenvalue weighted by atomic mass is 16.4. The van der Waals surface area contributed by atoms with Gasteiger partial charge in [0.1, 0.15) is 6.54 Å². The van der Waals surface area contributed by atoms with E-state index < -0.39 is 5.97 Å². The summed E-state index contributed by atoms with van der Waals surface area (Å²) in [5.41, 5.74) is 0. The fraction of sp³-hybridized carbons (Fsp3) is 0.846. The number of nitrogens with zero attached hydrogens (tertiary/aromatic N) is 1. The fourth-order valence-electron chi connectivity index (χ4n) is 1.78. The number of hydrogen-bond acceptors (Lipinski definition) is 2. The van der Waals surface area contributed by atoms with Crippen LogP contribution in [-0.4, -0.2) is 41.6 Å². The Labute approximate surface area is 110 Å². The molecule has 2 N–H and O–H groups in total. The Morgan fingerprint density at radius 2 is 1.94 bits per heavy atom. The Morgan fingerprint density at radius 3 is 2.39 bits per heavy atom. The first-order valence-corrected chi connectivity index (χ1v) is 6.79. The fourth-order valence-corrected chi connectivity index (χ4v) is 1.78. The zero-order chi connectivity index (χ0) is 14.0. The van der Waals surface area contributed by atoms with Gasteiger partial charge in [0.15, 0.2) is 0 Å². The van der Waals surface area contributed by atoms with Crippen LogP contribution in [0.4, 0.5) is 4.79 Å². The van der Waals surface area contributed by atoms with Crippen molar-refractivity contribution in [3.05, 3.63) is 0 Å². The summed E-state index contributed by atoms with van der Waals surface area (Å²) in [6.45, 7) is 6.83. The molecule has 1 unspecified atom stereocenters. The van der Waals surface area contributed by atoms with Crippen LogP contribution < -0.4 is 5.32 Å². The molecule has 0 aromatic carbocycles. The quantitative estimate of drug-likeness (QED) is 0.667. The number of likely N-dealkylation sites (N-methyl/N-ethyl adjacent to an activating group) is 1. The molecule has 2 amide bonds. The van der Waals surface area contributed by atoms with E-state index in [2.05, 4.69) is 19.2 Å². The van der Waals surface area contributed by atoms with Crippen LogP contribution in [0.15, 0.2) is 0 Å². The number of amides is 2. The predicted molar refractivity (Wildman–Crippen MR) is 71.6 cm³/mol. The highest BCUT2D eigenvalue weighted by Crippen LogP contribution is 2.11. The maximum Gasteiger partial charge on any atom is 0.323 e. The first-order valence-electron chi connectivity index (χ1n) is 6.79. The maximum absolute atomic E-state index is 11.8. The Hall–Kier alpha value is -1.26. The third kappa shape index (κ3) is 7.14. The number of nitrogens with one attached hydrogen (secondary N) is 1. The number of urea groups is 1. The number of aliphatic carboxylic acids is 1. The summed E-state index contributed by atoms with van der Waals surface area (Å²) < 4.78 is 0. The van der Waals surface area contributed by atoms with Crippen LogP contribution in [0.1, 0.15) is 46.5 Å². The molecule has 0 aliphatic heterocycles. The lowest BCUT2D eigenvalue weighted by molar-refractivity contribution is -0.137. The van der Waals surface area contributed by atoms with Crippen LogP contribution in [0, 0.1) is 5.92 Å². The molecule has 1 atom stereocenters. The number of hydrogen-bond donors (Lipinski definition) is 2. The molecule has 5 heteroatoms. The van der Waals surface area contributed by atoms with Crippen molar-refractivity contribution in [1.29, 1.82) is 0 Å². The lowest BCUT2D eigenvalue weighted by Crippen LogP contribution is -2.44. The molecule has 0 rings (SSSR count). The van der Waals surface area contributed by atoms with E-state index in [9.17, 15) is 9.59 Å². The summed E-state index contributed by atoms with van der Waals surface area (Å²) in [6.07, 6.45) is 4.47. The minimum atomic E-state index is -0.981. The Kier molecular flexibility index (Phi) is 9.06. The molecule has 0 aliphatic carbocycles. The number of unbranched alkanes of at least 4 members (excludes halogenated alkanes) is 1. The molecule has 0 saturated heterocycles. The Balaban J connectivity index is 4.07. The molecule has 0 radical (unpaired) electrons. The van der Waals surface area contributed by atoms with Gasteiger partial charge in [0.25, 0.3) is 0 Å². The largest absolute Gasteiger partial charge is 0.480 e. The zero-order valence-corrected chi connectivity index (χ0v) is 11.7. The number of carboxylic acid groups (broad SMARTS) is 1. The maximum atomic E-state index is 11.8. The van der Waals surface area contributed by atoms with Gasteiger partial charge in [-0.1, -0.05) is 33.1 Å². The van der Waals surface area contributed by atoms with Crippen LogP contribution >= 0.6 is 0 Å². The summed E-state index contributed by atoms with van der Waals surface area (Å²) in [4.78, 5) is 23.6. The first-order chi connectivity index (χ1) is 8.54. The molecule has 0 aliphatic rings. The smallest absolute Gasteiger partial charge is 0.323 e. The lowest BCUT2D eigenvalue weighted by Gasteiger charge is -2.21. The van der Waals surface area contributed by atoms with Crippen molar-refractivity contribution < 1.29 is 14.7 Å². The lowest BCUT2D eigenvalue weighted by atomic mass is 9.99. The molecule has 0 fully saturated rings. The molecule has 0 aromatic heterocycles.